The second kappa shape index (κ2) is 4.23. The molecule has 2 rings (SSSR count). The molecule has 0 spiro atoms. The highest BCUT2D eigenvalue weighted by molar-refractivity contribution is 5.95. The molecular weight excluding hydrogens is 217 g/mol. The predicted octanol–water partition coefficient (Wildman–Crippen LogP) is 2.08. The molecule has 2 aromatic rings. The molecule has 3 N–H and O–H groups in total. The minimum Gasteiger partial charge on any atom is -0.382 e. The Bertz CT molecular complexity index is 513. The van der Waals surface area contributed by atoms with E-state index in [0.29, 0.717) is 16.6 Å². The monoisotopic (exact) mass is 225 g/mol. The summed E-state index contributed by atoms with van der Waals surface area (Å²) < 4.78 is 12.8. The molecule has 0 atom stereocenters. The second-order valence-corrected chi connectivity index (χ2v) is 2.95. The van der Waals surface area contributed by atoms with Gasteiger partial charge >= 0.3 is 0 Å². The van der Waals surface area contributed by atoms with Crippen LogP contribution in [0.2, 0.25) is 0 Å². The number of fused-ring (bicyclic) bond motifs is 1. The van der Waals surface area contributed by atoms with Crippen LogP contribution in [0.3, 0.4) is 0 Å². The fraction of sp³-hybridized carbons (Fsp3) is 0. The highest BCUT2D eigenvalue weighted by Gasteiger charge is 2.01. The molecule has 1 aromatic carbocycles. The maximum absolute atomic E-state index is 12.8. The lowest BCUT2D eigenvalue weighted by Gasteiger charge is -2.00. The van der Waals surface area contributed by atoms with E-state index in [2.05, 4.69) is 4.98 Å². The van der Waals surface area contributed by atoms with Crippen molar-refractivity contribution >= 4 is 29.1 Å². The Morgan fingerprint density at radius 1 is 1.27 bits per heavy atom. The molecule has 0 bridgehead atoms. The molecule has 15 heavy (non-hydrogen) atoms. The van der Waals surface area contributed by atoms with Crippen molar-refractivity contribution in [3.8, 4) is 0 Å². The molecule has 3 nitrogen and oxygen atoms in total. The Kier molecular flexibility index (Phi) is 3.21. The molecule has 78 valence electrons. The smallest absolute Gasteiger partial charge is 0.141 e. The number of hydrogen-bond donors (Lipinski definition) is 2. The third kappa shape index (κ3) is 2.22. The van der Waals surface area contributed by atoms with Gasteiger partial charge in [-0.15, -0.1) is 12.4 Å². The van der Waals surface area contributed by atoms with Gasteiger partial charge in [-0.25, -0.2) is 9.37 Å². The Hall–Kier alpha value is -1.68. The standard InChI is InChI=1S/C10H8FN3.ClH/c11-7-2-4-8-6(5-7)1-3-9(14-8)10(12)13;/h1-5H,(H3,12,13);1H. The van der Waals surface area contributed by atoms with Crippen molar-refractivity contribution in [2.45, 2.75) is 0 Å². The highest BCUT2D eigenvalue weighted by Crippen LogP contribution is 2.13. The number of nitrogen functional groups attached to an aromatic ring is 1. The fourth-order valence-electron chi connectivity index (χ4n) is 1.25. The predicted molar refractivity (Wildman–Crippen MR) is 60.0 cm³/mol. The van der Waals surface area contributed by atoms with E-state index in [9.17, 15) is 4.39 Å². The first-order valence-corrected chi connectivity index (χ1v) is 4.07. The van der Waals surface area contributed by atoms with Gasteiger partial charge in [0.05, 0.1) is 5.52 Å². The van der Waals surface area contributed by atoms with Gasteiger partial charge in [0.1, 0.15) is 17.3 Å². The van der Waals surface area contributed by atoms with Gasteiger partial charge in [-0.1, -0.05) is 6.07 Å². The van der Waals surface area contributed by atoms with Crippen molar-refractivity contribution in [2.24, 2.45) is 5.73 Å². The zero-order valence-electron chi connectivity index (χ0n) is 7.70. The Morgan fingerprint density at radius 2 is 2.00 bits per heavy atom. The van der Waals surface area contributed by atoms with Gasteiger partial charge in [0, 0.05) is 5.39 Å². The molecule has 0 saturated heterocycles. The van der Waals surface area contributed by atoms with Crippen LogP contribution in [0.5, 0.6) is 0 Å². The van der Waals surface area contributed by atoms with E-state index in [1.165, 1.54) is 12.1 Å². The second-order valence-electron chi connectivity index (χ2n) is 2.95. The van der Waals surface area contributed by atoms with Gasteiger partial charge in [-0.3, -0.25) is 5.41 Å². The maximum Gasteiger partial charge on any atom is 0.141 e. The van der Waals surface area contributed by atoms with Crippen molar-refractivity contribution < 1.29 is 4.39 Å². The number of nitrogens with two attached hydrogens (primary N) is 1. The maximum atomic E-state index is 12.8. The van der Waals surface area contributed by atoms with Crippen LogP contribution < -0.4 is 5.73 Å². The molecule has 0 amide bonds. The van der Waals surface area contributed by atoms with E-state index in [-0.39, 0.29) is 24.1 Å². The molecule has 0 fully saturated rings. The number of nitrogens with one attached hydrogen (secondary N) is 1. The molecule has 0 radical (unpaired) electrons. The average molecular weight is 226 g/mol. The average Bonchev–Trinajstić information content (AvgIpc) is 2.16. The largest absolute Gasteiger partial charge is 0.382 e. The van der Waals surface area contributed by atoms with Crippen LogP contribution in [-0.4, -0.2) is 10.8 Å². The van der Waals surface area contributed by atoms with Crippen LogP contribution in [0, 0.1) is 11.2 Å². The van der Waals surface area contributed by atoms with Crippen LogP contribution in [0.4, 0.5) is 4.39 Å². The van der Waals surface area contributed by atoms with Crippen molar-refractivity contribution in [3.05, 3.63) is 41.8 Å². The minimum absolute atomic E-state index is 0. The summed E-state index contributed by atoms with van der Waals surface area (Å²) in [5.74, 6) is -0.383. The molecule has 0 aliphatic carbocycles. The van der Waals surface area contributed by atoms with E-state index < -0.39 is 0 Å². The third-order valence-electron chi connectivity index (χ3n) is 1.93. The number of nitrogens with zero attached hydrogens (tertiary/aromatic N) is 1. The summed E-state index contributed by atoms with van der Waals surface area (Å²) in [6.07, 6.45) is 0. The van der Waals surface area contributed by atoms with E-state index >= 15 is 0 Å². The first-order valence-electron chi connectivity index (χ1n) is 4.07. The Balaban J connectivity index is 0.00000112. The molecule has 0 unspecified atom stereocenters. The zero-order chi connectivity index (χ0) is 10.1. The lowest BCUT2D eigenvalue weighted by molar-refractivity contribution is 0.629. The molecule has 0 saturated carbocycles. The number of halogens is 2. The van der Waals surface area contributed by atoms with E-state index in [1.54, 1.807) is 18.2 Å². The van der Waals surface area contributed by atoms with E-state index in [1.807, 2.05) is 0 Å². The molecule has 1 heterocycles. The topological polar surface area (TPSA) is 62.8 Å². The summed E-state index contributed by atoms with van der Waals surface area (Å²) >= 11 is 0. The zero-order valence-corrected chi connectivity index (χ0v) is 8.51. The van der Waals surface area contributed by atoms with Crippen LogP contribution in [0.25, 0.3) is 10.9 Å². The normalized spacial score (nSPS) is 9.67. The van der Waals surface area contributed by atoms with Gasteiger partial charge in [0.25, 0.3) is 0 Å². The molecular formula is C10H9ClFN3. The summed E-state index contributed by atoms with van der Waals surface area (Å²) in [4.78, 5) is 4.10. The molecule has 1 aromatic heterocycles. The van der Waals surface area contributed by atoms with Gasteiger partial charge in [0.15, 0.2) is 0 Å². The SMILES string of the molecule is Cl.N=C(N)c1ccc2cc(F)ccc2n1. The minimum atomic E-state index is -0.296. The summed E-state index contributed by atoms with van der Waals surface area (Å²) in [6, 6.07) is 7.59. The van der Waals surface area contributed by atoms with E-state index in [4.69, 9.17) is 11.1 Å². The number of pyridine rings is 1. The summed E-state index contributed by atoms with van der Waals surface area (Å²) in [6.45, 7) is 0. The van der Waals surface area contributed by atoms with Crippen LogP contribution in [0.1, 0.15) is 5.69 Å². The van der Waals surface area contributed by atoms with E-state index in [0.717, 1.165) is 0 Å². The van der Waals surface area contributed by atoms with Crippen molar-refractivity contribution in [1.82, 2.24) is 4.98 Å². The lowest BCUT2D eigenvalue weighted by Crippen LogP contribution is -2.12. The molecule has 0 aliphatic heterocycles. The van der Waals surface area contributed by atoms with Gasteiger partial charge in [0.2, 0.25) is 0 Å². The molecule has 0 aliphatic rings. The molecule has 5 heteroatoms. The first-order chi connectivity index (χ1) is 6.66. The Morgan fingerprint density at radius 3 is 2.67 bits per heavy atom. The van der Waals surface area contributed by atoms with Crippen LogP contribution >= 0.6 is 12.4 Å². The number of hydrogen-bond acceptors (Lipinski definition) is 2. The Labute approximate surface area is 92.0 Å². The lowest BCUT2D eigenvalue weighted by atomic mass is 10.2. The first kappa shape index (κ1) is 11.4. The summed E-state index contributed by atoms with van der Waals surface area (Å²) in [5.41, 5.74) is 6.33. The van der Waals surface area contributed by atoms with Crippen molar-refractivity contribution in [2.75, 3.05) is 0 Å². The third-order valence-corrected chi connectivity index (χ3v) is 1.93. The van der Waals surface area contributed by atoms with Gasteiger partial charge < -0.3 is 5.73 Å². The van der Waals surface area contributed by atoms with Crippen LogP contribution in [0.15, 0.2) is 30.3 Å². The quantitative estimate of drug-likeness (QED) is 0.577. The number of rotatable bonds is 1. The summed E-state index contributed by atoms with van der Waals surface area (Å²) in [5, 5.41) is 7.90. The summed E-state index contributed by atoms with van der Waals surface area (Å²) in [7, 11) is 0. The van der Waals surface area contributed by atoms with Crippen molar-refractivity contribution in [3.63, 3.8) is 0 Å². The number of aromatic nitrogens is 1. The van der Waals surface area contributed by atoms with Gasteiger partial charge in [-0.2, -0.15) is 0 Å². The number of amidine groups is 1. The van der Waals surface area contributed by atoms with Crippen LogP contribution in [-0.2, 0) is 0 Å². The highest BCUT2D eigenvalue weighted by atomic mass is 35.5. The van der Waals surface area contributed by atoms with Gasteiger partial charge in [-0.05, 0) is 24.3 Å². The fourth-order valence-corrected chi connectivity index (χ4v) is 1.25. The number of benzene rings is 1. The van der Waals surface area contributed by atoms with Crippen molar-refractivity contribution in [1.29, 1.82) is 5.41 Å².